The predicted octanol–water partition coefficient (Wildman–Crippen LogP) is 5.31. The van der Waals surface area contributed by atoms with Crippen LogP contribution < -0.4 is 20.2 Å². The molecule has 0 bridgehead atoms. The van der Waals surface area contributed by atoms with Gasteiger partial charge < -0.3 is 14.8 Å². The van der Waals surface area contributed by atoms with Crippen LogP contribution >= 0.6 is 31.9 Å². The summed E-state index contributed by atoms with van der Waals surface area (Å²) in [7, 11) is 1.50. The number of anilines is 1. The van der Waals surface area contributed by atoms with Crippen LogP contribution in [-0.2, 0) is 4.79 Å². The third-order valence-electron chi connectivity index (χ3n) is 4.50. The van der Waals surface area contributed by atoms with Gasteiger partial charge in [0.15, 0.2) is 18.1 Å². The minimum Gasteiger partial charge on any atom is -0.493 e. The molecular weight excluding hydrogens is 554 g/mol. The third kappa shape index (κ3) is 6.90. The Morgan fingerprint density at radius 1 is 1.06 bits per heavy atom. The summed E-state index contributed by atoms with van der Waals surface area (Å²) in [5.74, 6) is 0.172. The molecule has 0 saturated heterocycles. The number of ether oxygens (including phenoxy) is 2. The normalized spacial score (nSPS) is 10.7. The molecule has 0 heterocycles. The maximum Gasteiger partial charge on any atom is 0.271 e. The molecular formula is C24H21Br2N3O4. The SMILES string of the molecule is COc1cc(/C=N/NC(=O)c2ccc(Br)cc2)cc(Br)c1OCC(=O)Nc1ccccc1C. The summed E-state index contributed by atoms with van der Waals surface area (Å²) in [4.78, 5) is 24.5. The number of halogens is 2. The summed E-state index contributed by atoms with van der Waals surface area (Å²) >= 11 is 6.77. The van der Waals surface area contributed by atoms with Gasteiger partial charge in [0, 0.05) is 15.7 Å². The molecule has 0 atom stereocenters. The highest BCUT2D eigenvalue weighted by molar-refractivity contribution is 9.10. The Hall–Kier alpha value is -3.17. The quantitative estimate of drug-likeness (QED) is 0.282. The number of hydrogen-bond acceptors (Lipinski definition) is 5. The zero-order chi connectivity index (χ0) is 23.8. The van der Waals surface area contributed by atoms with Crippen molar-refractivity contribution in [3.8, 4) is 11.5 Å². The van der Waals surface area contributed by atoms with Gasteiger partial charge in [-0.3, -0.25) is 9.59 Å². The second kappa shape index (κ2) is 11.6. The number of aryl methyl sites for hydroxylation is 1. The minimum atomic E-state index is -0.329. The zero-order valence-corrected chi connectivity index (χ0v) is 21.1. The van der Waals surface area contributed by atoms with Gasteiger partial charge in [-0.15, -0.1) is 0 Å². The summed E-state index contributed by atoms with van der Waals surface area (Å²) in [6.45, 7) is 1.72. The van der Waals surface area contributed by atoms with Crippen molar-refractivity contribution < 1.29 is 19.1 Å². The number of nitrogens with zero attached hydrogens (tertiary/aromatic N) is 1. The molecule has 0 aliphatic carbocycles. The number of para-hydroxylation sites is 1. The molecule has 0 unspecified atom stereocenters. The van der Waals surface area contributed by atoms with Crippen molar-refractivity contribution in [2.45, 2.75) is 6.92 Å². The van der Waals surface area contributed by atoms with Crippen LogP contribution in [0.4, 0.5) is 5.69 Å². The summed E-state index contributed by atoms with van der Waals surface area (Å²) in [6, 6.07) is 17.9. The van der Waals surface area contributed by atoms with E-state index in [-0.39, 0.29) is 18.4 Å². The third-order valence-corrected chi connectivity index (χ3v) is 5.62. The van der Waals surface area contributed by atoms with E-state index in [9.17, 15) is 9.59 Å². The van der Waals surface area contributed by atoms with Crippen molar-refractivity contribution in [2.75, 3.05) is 19.0 Å². The Morgan fingerprint density at radius 3 is 2.48 bits per heavy atom. The van der Waals surface area contributed by atoms with E-state index in [0.717, 1.165) is 15.7 Å². The number of carbonyl (C=O) groups is 2. The van der Waals surface area contributed by atoms with Gasteiger partial charge in [0.05, 0.1) is 17.8 Å². The Bertz CT molecular complexity index is 1180. The summed E-state index contributed by atoms with van der Waals surface area (Å²) in [5, 5.41) is 6.82. The second-order valence-electron chi connectivity index (χ2n) is 6.89. The zero-order valence-electron chi connectivity index (χ0n) is 17.9. The molecule has 0 spiro atoms. The molecule has 9 heteroatoms. The van der Waals surface area contributed by atoms with Gasteiger partial charge in [-0.1, -0.05) is 34.1 Å². The molecule has 3 aromatic carbocycles. The number of carbonyl (C=O) groups excluding carboxylic acids is 2. The summed E-state index contributed by atoms with van der Waals surface area (Å²) in [6.07, 6.45) is 1.48. The highest BCUT2D eigenvalue weighted by atomic mass is 79.9. The lowest BCUT2D eigenvalue weighted by Gasteiger charge is -2.14. The molecule has 7 nitrogen and oxygen atoms in total. The summed E-state index contributed by atoms with van der Waals surface area (Å²) < 4.78 is 12.6. The first-order valence-electron chi connectivity index (χ1n) is 9.82. The second-order valence-corrected chi connectivity index (χ2v) is 8.66. The fraction of sp³-hybridized carbons (Fsp3) is 0.125. The first-order valence-corrected chi connectivity index (χ1v) is 11.4. The van der Waals surface area contributed by atoms with Crippen LogP contribution in [0.3, 0.4) is 0 Å². The summed E-state index contributed by atoms with van der Waals surface area (Å²) in [5.41, 5.74) is 5.32. The molecule has 2 amide bonds. The Labute approximate surface area is 208 Å². The van der Waals surface area contributed by atoms with Crippen molar-refractivity contribution in [3.63, 3.8) is 0 Å². The smallest absolute Gasteiger partial charge is 0.271 e. The maximum absolute atomic E-state index is 12.3. The van der Waals surface area contributed by atoms with E-state index in [1.807, 2.05) is 31.2 Å². The van der Waals surface area contributed by atoms with Crippen molar-refractivity contribution >= 4 is 55.6 Å². The van der Waals surface area contributed by atoms with Crippen LogP contribution in [0, 0.1) is 6.92 Å². The van der Waals surface area contributed by atoms with Gasteiger partial charge in [-0.25, -0.2) is 5.43 Å². The average molecular weight is 575 g/mol. The lowest BCUT2D eigenvalue weighted by molar-refractivity contribution is -0.118. The van der Waals surface area contributed by atoms with Gasteiger partial charge in [0.1, 0.15) is 0 Å². The number of methoxy groups -OCH3 is 1. The van der Waals surface area contributed by atoms with E-state index in [4.69, 9.17) is 9.47 Å². The first kappa shape index (κ1) is 24.5. The van der Waals surface area contributed by atoms with Crippen LogP contribution in [0.5, 0.6) is 11.5 Å². The van der Waals surface area contributed by atoms with E-state index in [0.29, 0.717) is 27.1 Å². The molecule has 3 aromatic rings. The topological polar surface area (TPSA) is 89.0 Å². The van der Waals surface area contributed by atoms with Gasteiger partial charge in [-0.05, 0) is 76.4 Å². The maximum atomic E-state index is 12.3. The monoisotopic (exact) mass is 573 g/mol. The van der Waals surface area contributed by atoms with Gasteiger partial charge in [-0.2, -0.15) is 5.10 Å². The number of hydrazone groups is 1. The standard InChI is InChI=1S/C24H21Br2N3O4/c1-15-5-3-4-6-20(15)28-22(30)14-33-23-19(26)11-16(12-21(23)32-2)13-27-29-24(31)17-7-9-18(25)10-8-17/h3-13H,14H2,1-2H3,(H,28,30)(H,29,31)/b27-13+. The molecule has 0 fully saturated rings. The molecule has 2 N–H and O–H groups in total. The molecule has 0 aromatic heterocycles. The number of amides is 2. The van der Waals surface area contributed by atoms with Gasteiger partial charge >= 0.3 is 0 Å². The first-order chi connectivity index (χ1) is 15.9. The lowest BCUT2D eigenvalue weighted by atomic mass is 10.2. The lowest BCUT2D eigenvalue weighted by Crippen LogP contribution is -2.21. The van der Waals surface area contributed by atoms with Crippen LogP contribution in [-0.4, -0.2) is 31.7 Å². The van der Waals surface area contributed by atoms with Crippen LogP contribution in [0.15, 0.2) is 74.7 Å². The molecule has 0 radical (unpaired) electrons. The van der Waals surface area contributed by atoms with E-state index < -0.39 is 0 Å². The van der Waals surface area contributed by atoms with Crippen molar-refractivity contribution in [3.05, 3.63) is 86.3 Å². The van der Waals surface area contributed by atoms with Crippen molar-refractivity contribution in [1.82, 2.24) is 5.43 Å². The minimum absolute atomic E-state index is 0.194. The number of nitrogens with one attached hydrogen (secondary N) is 2. The predicted molar refractivity (Wildman–Crippen MR) is 135 cm³/mol. The van der Waals surface area contributed by atoms with E-state index in [1.54, 1.807) is 36.4 Å². The molecule has 0 aliphatic rings. The number of hydrogen-bond donors (Lipinski definition) is 2. The fourth-order valence-corrected chi connectivity index (χ4v) is 3.66. The number of benzene rings is 3. The Kier molecular flexibility index (Phi) is 8.62. The molecule has 0 aliphatic heterocycles. The van der Waals surface area contributed by atoms with Crippen molar-refractivity contribution in [1.29, 1.82) is 0 Å². The molecule has 0 saturated carbocycles. The van der Waals surface area contributed by atoms with E-state index >= 15 is 0 Å². The van der Waals surface area contributed by atoms with Crippen LogP contribution in [0.25, 0.3) is 0 Å². The van der Waals surface area contributed by atoms with Crippen LogP contribution in [0.1, 0.15) is 21.5 Å². The van der Waals surface area contributed by atoms with Crippen LogP contribution in [0.2, 0.25) is 0 Å². The molecule has 33 heavy (non-hydrogen) atoms. The Morgan fingerprint density at radius 2 is 1.79 bits per heavy atom. The van der Waals surface area contributed by atoms with Gasteiger partial charge in [0.2, 0.25) is 0 Å². The van der Waals surface area contributed by atoms with Crippen molar-refractivity contribution in [2.24, 2.45) is 5.10 Å². The van der Waals surface area contributed by atoms with E-state index in [1.165, 1.54) is 13.3 Å². The molecule has 170 valence electrons. The largest absolute Gasteiger partial charge is 0.493 e. The van der Waals surface area contributed by atoms with E-state index in [2.05, 4.69) is 47.7 Å². The number of rotatable bonds is 8. The highest BCUT2D eigenvalue weighted by Crippen LogP contribution is 2.36. The average Bonchev–Trinajstić information content (AvgIpc) is 2.80. The fourth-order valence-electron chi connectivity index (χ4n) is 2.82. The van der Waals surface area contributed by atoms with Gasteiger partial charge in [0.25, 0.3) is 11.8 Å². The Balaban J connectivity index is 1.63. The highest BCUT2D eigenvalue weighted by Gasteiger charge is 2.14. The molecule has 3 rings (SSSR count).